The van der Waals surface area contributed by atoms with E-state index < -0.39 is 0 Å². The normalized spacial score (nSPS) is 11.5. The van der Waals surface area contributed by atoms with E-state index in [1.165, 1.54) is 140 Å². The van der Waals surface area contributed by atoms with Crippen molar-refractivity contribution in [3.8, 4) is 0 Å². The van der Waals surface area contributed by atoms with Crippen molar-refractivity contribution in [2.75, 3.05) is 55.9 Å². The van der Waals surface area contributed by atoms with E-state index in [0.29, 0.717) is 39.1 Å². The molecule has 0 saturated heterocycles. The van der Waals surface area contributed by atoms with Crippen molar-refractivity contribution in [1.82, 2.24) is 14.5 Å². The minimum atomic E-state index is -0.161. The third-order valence-corrected chi connectivity index (χ3v) is 14.2. The molecule has 0 unspecified atom stereocenters. The van der Waals surface area contributed by atoms with Crippen molar-refractivity contribution in [1.29, 1.82) is 0 Å². The molecule has 0 radical (unpaired) electrons. The second kappa shape index (κ2) is 38.8. The van der Waals surface area contributed by atoms with Crippen LogP contribution >= 0.6 is 43.2 Å². The molecule has 11 heteroatoms. The van der Waals surface area contributed by atoms with Crippen LogP contribution in [0.5, 0.6) is 0 Å². The van der Waals surface area contributed by atoms with Gasteiger partial charge in [-0.05, 0) is 32.7 Å². The lowest BCUT2D eigenvalue weighted by atomic mass is 10.1. The average molecular weight is 804 g/mol. The topological polar surface area (TPSA) is 73.7 Å². The summed E-state index contributed by atoms with van der Waals surface area (Å²) in [4.78, 5) is 31.5. The lowest BCUT2D eigenvalue weighted by Gasteiger charge is -2.22. The Hall–Kier alpha value is -0.490. The summed E-state index contributed by atoms with van der Waals surface area (Å²) in [5.74, 6) is 4.66. The summed E-state index contributed by atoms with van der Waals surface area (Å²) >= 11 is 0. The Kier molecular flexibility index (Phi) is 36.9. The van der Waals surface area contributed by atoms with Crippen molar-refractivity contribution in [3.63, 3.8) is 0 Å². The van der Waals surface area contributed by atoms with Gasteiger partial charge in [0.15, 0.2) is 0 Å². The van der Waals surface area contributed by atoms with Crippen LogP contribution in [0.4, 0.5) is 0 Å². The number of aryl methyl sites for hydroxylation is 2. The molecule has 0 fully saturated rings. The fraction of sp³-hybridized carbons (Fsp3) is 0.878. The van der Waals surface area contributed by atoms with Gasteiger partial charge in [-0.3, -0.25) is 9.59 Å². The predicted molar refractivity (Wildman–Crippen MR) is 233 cm³/mol. The molecule has 1 heterocycles. The molecule has 1 aromatic rings. The maximum absolute atomic E-state index is 12.5. The molecule has 0 N–H and O–H groups in total. The van der Waals surface area contributed by atoms with Gasteiger partial charge in [0, 0.05) is 55.0 Å². The predicted octanol–water partition coefficient (Wildman–Crippen LogP) is 12.4. The van der Waals surface area contributed by atoms with E-state index in [-0.39, 0.29) is 11.9 Å². The van der Waals surface area contributed by atoms with Crippen molar-refractivity contribution in [2.24, 2.45) is 0 Å². The number of carbonyl (C=O) groups excluding carboxylic acids is 2. The molecule has 1 aromatic heterocycles. The molecule has 0 spiro atoms. The van der Waals surface area contributed by atoms with Crippen molar-refractivity contribution >= 4 is 55.1 Å². The molecule has 304 valence electrons. The second-order valence-electron chi connectivity index (χ2n) is 14.0. The molecule has 0 aromatic carbocycles. The Morgan fingerprint density at radius 3 is 1.38 bits per heavy atom. The van der Waals surface area contributed by atoms with Crippen molar-refractivity contribution in [3.05, 3.63) is 18.2 Å². The summed E-state index contributed by atoms with van der Waals surface area (Å²) in [7, 11) is 7.41. The fourth-order valence-electron chi connectivity index (χ4n) is 5.99. The molecular formula is C41H77N3O4S4. The SMILES string of the molecule is CCCCCCCCCCCCSSCCOC(=O)CCN(CCCn1ccnc1C)CCC(=O)OCCSSCCCCCCCCCCCC. The molecule has 1 rings (SSSR count). The van der Waals surface area contributed by atoms with Crippen LogP contribution in [-0.4, -0.2) is 82.2 Å². The first-order chi connectivity index (χ1) is 25.6. The number of hydrogen-bond acceptors (Lipinski definition) is 10. The van der Waals surface area contributed by atoms with Gasteiger partial charge in [-0.15, -0.1) is 0 Å². The van der Waals surface area contributed by atoms with E-state index in [9.17, 15) is 9.59 Å². The van der Waals surface area contributed by atoms with Gasteiger partial charge in [0.1, 0.15) is 19.0 Å². The highest BCUT2D eigenvalue weighted by Crippen LogP contribution is 2.24. The van der Waals surface area contributed by atoms with Crippen LogP contribution in [0.1, 0.15) is 167 Å². The molecule has 52 heavy (non-hydrogen) atoms. The van der Waals surface area contributed by atoms with Gasteiger partial charge >= 0.3 is 11.9 Å². The van der Waals surface area contributed by atoms with E-state index in [4.69, 9.17) is 9.47 Å². The summed E-state index contributed by atoms with van der Waals surface area (Å²) in [6.45, 7) is 10.3. The fourth-order valence-corrected chi connectivity index (χ4v) is 9.94. The van der Waals surface area contributed by atoms with Crippen molar-refractivity contribution in [2.45, 2.75) is 175 Å². The van der Waals surface area contributed by atoms with Gasteiger partial charge in [0.05, 0.1) is 12.8 Å². The Labute approximate surface area is 336 Å². The number of unbranched alkanes of at least 4 members (excludes halogenated alkanes) is 18. The highest BCUT2D eigenvalue weighted by atomic mass is 33.1. The molecule has 0 atom stereocenters. The maximum Gasteiger partial charge on any atom is 0.307 e. The minimum Gasteiger partial charge on any atom is -0.465 e. The molecule has 7 nitrogen and oxygen atoms in total. The van der Waals surface area contributed by atoms with Gasteiger partial charge in [-0.25, -0.2) is 4.98 Å². The average Bonchev–Trinajstić information content (AvgIpc) is 3.56. The van der Waals surface area contributed by atoms with Crippen LogP contribution in [0.25, 0.3) is 0 Å². The third-order valence-electron chi connectivity index (χ3n) is 9.25. The number of esters is 2. The Balaban J connectivity index is 2.12. The van der Waals surface area contributed by atoms with E-state index in [0.717, 1.165) is 36.8 Å². The van der Waals surface area contributed by atoms with Crippen LogP contribution in [0, 0.1) is 6.92 Å². The minimum absolute atomic E-state index is 0.161. The summed E-state index contributed by atoms with van der Waals surface area (Å²) in [6, 6.07) is 0. The number of hydrogen-bond donors (Lipinski definition) is 0. The number of rotatable bonds is 40. The Bertz CT molecular complexity index is 890. The first kappa shape index (κ1) is 49.5. The van der Waals surface area contributed by atoms with Crippen LogP contribution in [0.2, 0.25) is 0 Å². The maximum atomic E-state index is 12.5. The summed E-state index contributed by atoms with van der Waals surface area (Å²) in [5.41, 5.74) is 0. The molecule has 0 amide bonds. The highest BCUT2D eigenvalue weighted by molar-refractivity contribution is 8.77. The van der Waals surface area contributed by atoms with E-state index in [2.05, 4.69) is 28.3 Å². The molecule has 0 saturated carbocycles. The van der Waals surface area contributed by atoms with Gasteiger partial charge in [-0.1, -0.05) is 173 Å². The molecule has 0 aliphatic rings. The Morgan fingerprint density at radius 1 is 0.577 bits per heavy atom. The largest absolute Gasteiger partial charge is 0.465 e. The van der Waals surface area contributed by atoms with E-state index >= 15 is 0 Å². The number of aromatic nitrogens is 2. The van der Waals surface area contributed by atoms with Crippen molar-refractivity contribution < 1.29 is 19.1 Å². The van der Waals surface area contributed by atoms with Crippen LogP contribution in [0.15, 0.2) is 12.4 Å². The summed E-state index contributed by atoms with van der Waals surface area (Å²) in [5, 5.41) is 0. The number of imidazole rings is 1. The molecule has 0 bridgehead atoms. The van der Waals surface area contributed by atoms with Crippen LogP contribution in [0.3, 0.4) is 0 Å². The summed E-state index contributed by atoms with van der Waals surface area (Å²) < 4.78 is 13.2. The quantitative estimate of drug-likeness (QED) is 0.0364. The second-order valence-corrected chi connectivity index (χ2v) is 19.4. The monoisotopic (exact) mass is 803 g/mol. The van der Waals surface area contributed by atoms with Gasteiger partial charge < -0.3 is 18.9 Å². The molecular weight excluding hydrogens is 727 g/mol. The zero-order valence-electron chi connectivity index (χ0n) is 33.6. The third kappa shape index (κ3) is 32.9. The first-order valence-corrected chi connectivity index (χ1v) is 26.0. The van der Waals surface area contributed by atoms with E-state index in [1.54, 1.807) is 21.6 Å². The van der Waals surface area contributed by atoms with Gasteiger partial charge in [0.2, 0.25) is 0 Å². The standard InChI is InChI=1S/C41H77N3O4S4/c1-4-6-8-10-12-14-16-18-20-22-35-49-51-37-33-47-40(45)25-30-43(28-24-29-44-32-27-42-39(44)3)31-26-41(46)48-34-38-52-50-36-23-21-19-17-15-13-11-9-7-5-2/h27,32H,4-26,28-31,33-38H2,1-3H3. The zero-order chi connectivity index (χ0) is 37.6. The zero-order valence-corrected chi connectivity index (χ0v) is 36.9. The lowest BCUT2D eigenvalue weighted by Crippen LogP contribution is -2.31. The number of carbonyl (C=O) groups is 2. The number of nitrogens with zero attached hydrogens (tertiary/aromatic N) is 3. The molecule has 0 aliphatic carbocycles. The smallest absolute Gasteiger partial charge is 0.307 e. The Morgan fingerprint density at radius 2 is 0.981 bits per heavy atom. The van der Waals surface area contributed by atoms with Gasteiger partial charge in [0.25, 0.3) is 0 Å². The molecule has 0 aliphatic heterocycles. The number of ether oxygens (including phenoxy) is 2. The van der Waals surface area contributed by atoms with E-state index in [1.807, 2.05) is 40.9 Å². The van der Waals surface area contributed by atoms with Crippen LogP contribution in [-0.2, 0) is 25.6 Å². The van der Waals surface area contributed by atoms with Gasteiger partial charge in [-0.2, -0.15) is 0 Å². The summed E-state index contributed by atoms with van der Waals surface area (Å²) in [6.07, 6.45) is 32.7. The van der Waals surface area contributed by atoms with Crippen LogP contribution < -0.4 is 0 Å². The first-order valence-electron chi connectivity index (χ1n) is 21.1. The highest BCUT2D eigenvalue weighted by Gasteiger charge is 2.13. The lowest BCUT2D eigenvalue weighted by molar-refractivity contribution is -0.143.